The molecule has 2 aromatic carbocycles. The second-order valence-corrected chi connectivity index (χ2v) is 5.51. The molecule has 3 rings (SSSR count). The maximum Gasteiger partial charge on any atom is 1.00 e. The number of hydrogen-bond donors (Lipinski definition) is 1. The van der Waals surface area contributed by atoms with Gasteiger partial charge in [0.1, 0.15) is 42.4 Å². The molecule has 3 aromatic rings. The van der Waals surface area contributed by atoms with Crippen LogP contribution in [0.15, 0.2) is 63.8 Å². The minimum Gasteiger partial charge on any atom is -0.542 e. The number of carbonyl (C=O) groups is 1. The molecule has 0 saturated carbocycles. The van der Waals surface area contributed by atoms with E-state index in [4.69, 9.17) is 13.9 Å². The Bertz CT molecular complexity index is 969. The zero-order valence-electron chi connectivity index (χ0n) is 14.6. The first-order valence-electron chi connectivity index (χ1n) is 7.81. The van der Waals surface area contributed by atoms with Gasteiger partial charge in [-0.15, -0.1) is 0 Å². The molecule has 0 bridgehead atoms. The second-order valence-electron chi connectivity index (χ2n) is 5.51. The van der Waals surface area contributed by atoms with Gasteiger partial charge in [0.2, 0.25) is 0 Å². The Hall–Kier alpha value is -2.32. The molecule has 0 saturated heterocycles. The fourth-order valence-corrected chi connectivity index (χ4v) is 2.28. The van der Waals surface area contributed by atoms with Crippen LogP contribution >= 0.6 is 0 Å². The van der Waals surface area contributed by atoms with Gasteiger partial charge in [-0.1, -0.05) is 18.2 Å². The monoisotopic (exact) mass is 378 g/mol. The molecule has 7 nitrogen and oxygen atoms in total. The van der Waals surface area contributed by atoms with E-state index in [1.807, 2.05) is 18.2 Å². The number of aliphatic hydroxyl groups excluding tert-OH is 1. The number of carbonyl (C=O) groups excluding carboxylic acids is 1. The number of carboxylic acids is 1. The molecule has 0 spiro atoms. The van der Waals surface area contributed by atoms with Crippen LogP contribution in [0.2, 0.25) is 0 Å². The van der Waals surface area contributed by atoms with Crippen molar-refractivity contribution < 1.29 is 58.5 Å². The van der Waals surface area contributed by atoms with Gasteiger partial charge < -0.3 is 28.9 Å². The van der Waals surface area contributed by atoms with Crippen molar-refractivity contribution in [2.45, 2.75) is 6.10 Å². The summed E-state index contributed by atoms with van der Waals surface area (Å²) in [5.41, 5.74) is -0.433. The molecule has 1 aromatic heterocycles. The van der Waals surface area contributed by atoms with Crippen molar-refractivity contribution >= 4 is 16.9 Å². The number of aromatic carboxylic acids is 1. The summed E-state index contributed by atoms with van der Waals surface area (Å²) in [6, 6.07) is 14.3. The van der Waals surface area contributed by atoms with Crippen LogP contribution in [0.1, 0.15) is 10.6 Å². The fraction of sp³-hybridized carbons (Fsp3) is 0.158. The van der Waals surface area contributed by atoms with Crippen LogP contribution in [0.4, 0.5) is 0 Å². The van der Waals surface area contributed by atoms with Crippen LogP contribution < -0.4 is 49.6 Å². The molecule has 0 radical (unpaired) electrons. The molecule has 0 aliphatic carbocycles. The van der Waals surface area contributed by atoms with Gasteiger partial charge in [0.05, 0.1) is 5.39 Å². The Morgan fingerprint density at radius 1 is 1.04 bits per heavy atom. The van der Waals surface area contributed by atoms with E-state index in [0.717, 1.165) is 6.07 Å². The first-order valence-corrected chi connectivity index (χ1v) is 7.81. The summed E-state index contributed by atoms with van der Waals surface area (Å²) >= 11 is 0. The molecule has 0 amide bonds. The number of rotatable bonds is 7. The summed E-state index contributed by atoms with van der Waals surface area (Å²) in [6.45, 7) is -0.00966. The molecule has 1 atom stereocenters. The number of hydrogen-bond acceptors (Lipinski definition) is 7. The van der Waals surface area contributed by atoms with Crippen molar-refractivity contribution in [2.24, 2.45) is 0 Å². The number of aliphatic hydroxyl groups is 1. The maximum absolute atomic E-state index is 11.9. The number of fused-ring (bicyclic) bond motifs is 1. The van der Waals surface area contributed by atoms with Crippen molar-refractivity contribution in [1.82, 2.24) is 0 Å². The number of ether oxygens (including phenoxy) is 2. The Morgan fingerprint density at radius 2 is 1.70 bits per heavy atom. The van der Waals surface area contributed by atoms with Crippen LogP contribution in [-0.2, 0) is 0 Å². The van der Waals surface area contributed by atoms with Gasteiger partial charge in [-0.05, 0) is 24.3 Å². The summed E-state index contributed by atoms with van der Waals surface area (Å²) in [7, 11) is 0. The zero-order valence-corrected chi connectivity index (χ0v) is 16.6. The standard InChI is InChI=1S/C19H16O7.Na/c20-12(10-24-13-4-2-1-3-5-13)11-25-14-6-7-15-16(21)9-18(19(22)23)26-17(15)8-14;/h1-9,12,20H,10-11H2,(H,22,23);/q;+1/p-1. The Morgan fingerprint density at radius 3 is 2.37 bits per heavy atom. The molecule has 0 fully saturated rings. The van der Waals surface area contributed by atoms with Crippen molar-refractivity contribution in [2.75, 3.05) is 13.2 Å². The van der Waals surface area contributed by atoms with Gasteiger partial charge in [0.25, 0.3) is 0 Å². The van der Waals surface area contributed by atoms with Gasteiger partial charge in [0, 0.05) is 12.1 Å². The molecule has 8 heteroatoms. The van der Waals surface area contributed by atoms with E-state index in [-0.39, 0.29) is 53.7 Å². The van der Waals surface area contributed by atoms with E-state index < -0.39 is 23.3 Å². The van der Waals surface area contributed by atoms with Crippen molar-refractivity contribution in [3.63, 3.8) is 0 Å². The summed E-state index contributed by atoms with van der Waals surface area (Å²) in [5.74, 6) is -1.19. The average Bonchev–Trinajstić information content (AvgIpc) is 2.65. The zero-order chi connectivity index (χ0) is 18.5. The Balaban J connectivity index is 0.00000261. The van der Waals surface area contributed by atoms with Gasteiger partial charge in [-0.25, -0.2) is 0 Å². The first-order chi connectivity index (χ1) is 12.5. The molecular formula is C19H15NaO7. The van der Waals surface area contributed by atoms with E-state index in [1.165, 1.54) is 18.2 Å². The van der Waals surface area contributed by atoms with Crippen LogP contribution in [-0.4, -0.2) is 30.4 Å². The van der Waals surface area contributed by atoms with Gasteiger partial charge >= 0.3 is 29.6 Å². The predicted molar refractivity (Wildman–Crippen MR) is 90.3 cm³/mol. The molecule has 0 aliphatic heterocycles. The van der Waals surface area contributed by atoms with E-state index in [1.54, 1.807) is 12.1 Å². The molecule has 1 N–H and O–H groups in total. The van der Waals surface area contributed by atoms with E-state index >= 15 is 0 Å². The summed E-state index contributed by atoms with van der Waals surface area (Å²) in [4.78, 5) is 22.7. The minimum atomic E-state index is -1.58. The van der Waals surface area contributed by atoms with Crippen LogP contribution in [0.25, 0.3) is 11.0 Å². The van der Waals surface area contributed by atoms with Crippen LogP contribution in [0, 0.1) is 0 Å². The predicted octanol–water partition coefficient (Wildman–Crippen LogP) is -2.02. The van der Waals surface area contributed by atoms with E-state index in [9.17, 15) is 19.8 Å². The SMILES string of the molecule is O=C([O-])c1cc(=O)c2ccc(OCC(O)COc3ccccc3)cc2o1.[Na+]. The molecule has 1 heterocycles. The summed E-state index contributed by atoms with van der Waals surface area (Å²) in [6.07, 6.45) is -0.882. The first kappa shape index (κ1) is 21.0. The van der Waals surface area contributed by atoms with Crippen LogP contribution in [0.3, 0.4) is 0 Å². The Labute approximate surface area is 176 Å². The van der Waals surface area contributed by atoms with Gasteiger partial charge in [0.15, 0.2) is 11.2 Å². The molecule has 27 heavy (non-hydrogen) atoms. The molecule has 1 unspecified atom stereocenters. The summed E-state index contributed by atoms with van der Waals surface area (Å²) < 4.78 is 16.0. The number of carboxylic acid groups (broad SMARTS) is 1. The fourth-order valence-electron chi connectivity index (χ4n) is 2.28. The topological polar surface area (TPSA) is 109 Å². The summed E-state index contributed by atoms with van der Waals surface area (Å²) in [5, 5.41) is 21.0. The molecule has 0 aliphatic rings. The van der Waals surface area contributed by atoms with Crippen molar-refractivity contribution in [3.8, 4) is 11.5 Å². The largest absolute Gasteiger partial charge is 1.00 e. The van der Waals surface area contributed by atoms with Crippen LogP contribution in [0.5, 0.6) is 11.5 Å². The van der Waals surface area contributed by atoms with E-state index in [0.29, 0.717) is 11.5 Å². The molecule has 134 valence electrons. The van der Waals surface area contributed by atoms with Crippen molar-refractivity contribution in [3.05, 3.63) is 70.6 Å². The third kappa shape index (κ3) is 5.58. The minimum absolute atomic E-state index is 0. The van der Waals surface area contributed by atoms with Gasteiger partial charge in [-0.2, -0.15) is 0 Å². The Kier molecular flexibility index (Phi) is 7.44. The van der Waals surface area contributed by atoms with Gasteiger partial charge in [-0.3, -0.25) is 4.79 Å². The molecular weight excluding hydrogens is 363 g/mol. The average molecular weight is 378 g/mol. The second kappa shape index (κ2) is 9.57. The van der Waals surface area contributed by atoms with Crippen molar-refractivity contribution in [1.29, 1.82) is 0 Å². The van der Waals surface area contributed by atoms with E-state index in [2.05, 4.69) is 0 Å². The third-order valence-corrected chi connectivity index (χ3v) is 3.53. The number of benzene rings is 2. The number of para-hydroxylation sites is 1. The smallest absolute Gasteiger partial charge is 0.542 e. The normalized spacial score (nSPS) is 11.4. The maximum atomic E-state index is 11.9. The quantitative estimate of drug-likeness (QED) is 0.473. The third-order valence-electron chi connectivity index (χ3n) is 3.53.